The van der Waals surface area contributed by atoms with E-state index >= 15 is 0 Å². The largest absolute Gasteiger partial charge is 0.466 e. The molecule has 1 aromatic heterocycles. The van der Waals surface area contributed by atoms with Crippen molar-refractivity contribution < 1.29 is 19.1 Å². The van der Waals surface area contributed by atoms with Crippen LogP contribution in [0.2, 0.25) is 0 Å². The molecule has 0 saturated carbocycles. The lowest BCUT2D eigenvalue weighted by molar-refractivity contribution is -0.159. The molecule has 0 radical (unpaired) electrons. The number of carbonyl (C=O) groups excluding carboxylic acids is 2. The zero-order valence-corrected chi connectivity index (χ0v) is 14.9. The SMILES string of the molecule is CCOC(=O)[C@@H](CC(=O)OC(C)(C)C)c1cn(C)c(=O)n(C)c1=O. The van der Waals surface area contributed by atoms with Gasteiger partial charge in [-0.25, -0.2) is 4.79 Å². The lowest BCUT2D eigenvalue weighted by Crippen LogP contribution is -2.40. The molecule has 0 aliphatic carbocycles. The molecule has 1 aromatic rings. The molecule has 0 amide bonds. The van der Waals surface area contributed by atoms with Crippen LogP contribution in [0.5, 0.6) is 0 Å². The van der Waals surface area contributed by atoms with Crippen molar-refractivity contribution in [1.82, 2.24) is 9.13 Å². The van der Waals surface area contributed by atoms with Crippen LogP contribution in [0.15, 0.2) is 15.8 Å². The molecule has 8 heteroatoms. The van der Waals surface area contributed by atoms with Crippen molar-refractivity contribution in [3.05, 3.63) is 32.6 Å². The van der Waals surface area contributed by atoms with Crippen LogP contribution in [-0.4, -0.2) is 33.3 Å². The van der Waals surface area contributed by atoms with Crippen LogP contribution in [0.4, 0.5) is 0 Å². The highest BCUT2D eigenvalue weighted by Gasteiger charge is 2.31. The van der Waals surface area contributed by atoms with Gasteiger partial charge in [-0.3, -0.25) is 19.0 Å². The van der Waals surface area contributed by atoms with E-state index in [-0.39, 0.29) is 18.6 Å². The number of rotatable bonds is 5. The Balaban J connectivity index is 3.31. The molecule has 0 fully saturated rings. The van der Waals surface area contributed by atoms with Crippen LogP contribution in [0, 0.1) is 0 Å². The summed E-state index contributed by atoms with van der Waals surface area (Å²) in [6.45, 7) is 6.84. The molecule has 1 rings (SSSR count). The molecule has 0 spiro atoms. The first kappa shape index (κ1) is 19.7. The molecular weight excluding hydrogens is 316 g/mol. The van der Waals surface area contributed by atoms with Gasteiger partial charge in [0.15, 0.2) is 0 Å². The molecule has 1 heterocycles. The topological polar surface area (TPSA) is 96.6 Å². The van der Waals surface area contributed by atoms with Crippen LogP contribution < -0.4 is 11.2 Å². The average Bonchev–Trinajstić information content (AvgIpc) is 2.45. The highest BCUT2D eigenvalue weighted by Crippen LogP contribution is 2.20. The summed E-state index contributed by atoms with van der Waals surface area (Å²) in [5.74, 6) is -2.47. The molecule has 0 N–H and O–H groups in total. The Morgan fingerprint density at radius 2 is 1.79 bits per heavy atom. The standard InChI is InChI=1S/C16H24N2O6/c1-7-23-14(21)10(8-12(19)24-16(2,3)4)11-9-17(5)15(22)18(6)13(11)20/h9-10H,7-8H2,1-6H3/t10-/m0/s1. The van der Waals surface area contributed by atoms with Gasteiger partial charge in [0, 0.05) is 25.9 Å². The molecule has 0 bridgehead atoms. The fourth-order valence-corrected chi connectivity index (χ4v) is 2.19. The van der Waals surface area contributed by atoms with Crippen molar-refractivity contribution in [3.63, 3.8) is 0 Å². The number of nitrogens with zero attached hydrogens (tertiary/aromatic N) is 2. The number of aryl methyl sites for hydroxylation is 1. The Bertz CT molecular complexity index is 738. The van der Waals surface area contributed by atoms with Gasteiger partial charge in [0.05, 0.1) is 18.9 Å². The number of carbonyl (C=O) groups is 2. The first-order valence-corrected chi connectivity index (χ1v) is 7.63. The van der Waals surface area contributed by atoms with Crippen LogP contribution in [0.25, 0.3) is 0 Å². The first-order valence-electron chi connectivity index (χ1n) is 7.63. The number of hydrogen-bond acceptors (Lipinski definition) is 6. The van der Waals surface area contributed by atoms with Crippen molar-refractivity contribution in [2.45, 2.75) is 45.6 Å². The summed E-state index contributed by atoms with van der Waals surface area (Å²) in [7, 11) is 2.77. The zero-order chi connectivity index (χ0) is 18.7. The molecule has 0 unspecified atom stereocenters. The van der Waals surface area contributed by atoms with E-state index in [0.717, 1.165) is 4.57 Å². The smallest absolute Gasteiger partial charge is 0.330 e. The molecule has 8 nitrogen and oxygen atoms in total. The van der Waals surface area contributed by atoms with E-state index in [1.54, 1.807) is 27.7 Å². The summed E-state index contributed by atoms with van der Waals surface area (Å²) in [5.41, 5.74) is -1.86. The van der Waals surface area contributed by atoms with E-state index in [1.807, 2.05) is 0 Å². The fraction of sp³-hybridized carbons (Fsp3) is 0.625. The van der Waals surface area contributed by atoms with Gasteiger partial charge in [-0.2, -0.15) is 0 Å². The Labute approximate surface area is 140 Å². The predicted octanol–water partition coefficient (Wildman–Crippen LogP) is 0.463. The summed E-state index contributed by atoms with van der Waals surface area (Å²) >= 11 is 0. The summed E-state index contributed by atoms with van der Waals surface area (Å²) in [4.78, 5) is 48.5. The third-order valence-corrected chi connectivity index (χ3v) is 3.21. The lowest BCUT2D eigenvalue weighted by atomic mass is 9.98. The number of aromatic nitrogens is 2. The van der Waals surface area contributed by atoms with Gasteiger partial charge in [-0.15, -0.1) is 0 Å². The Hall–Kier alpha value is -2.38. The van der Waals surface area contributed by atoms with E-state index in [9.17, 15) is 19.2 Å². The van der Waals surface area contributed by atoms with Crippen molar-refractivity contribution in [2.75, 3.05) is 6.61 Å². The molecular formula is C16H24N2O6. The third kappa shape index (κ3) is 4.81. The minimum Gasteiger partial charge on any atom is -0.466 e. The maximum absolute atomic E-state index is 12.3. The first-order chi connectivity index (χ1) is 11.0. The molecule has 0 saturated heterocycles. The summed E-state index contributed by atoms with van der Waals surface area (Å²) in [5, 5.41) is 0. The second-order valence-corrected chi connectivity index (χ2v) is 6.44. The minimum absolute atomic E-state index is 0.0175. The maximum atomic E-state index is 12.3. The number of esters is 2. The van der Waals surface area contributed by atoms with Crippen LogP contribution in [0.3, 0.4) is 0 Å². The summed E-state index contributed by atoms with van der Waals surface area (Å²) < 4.78 is 12.3. The van der Waals surface area contributed by atoms with Gasteiger partial charge in [0.25, 0.3) is 5.56 Å². The summed E-state index contributed by atoms with van der Waals surface area (Å²) in [6, 6.07) is 0. The van der Waals surface area contributed by atoms with E-state index in [1.165, 1.54) is 24.9 Å². The molecule has 0 aromatic carbocycles. The van der Waals surface area contributed by atoms with Gasteiger partial charge in [-0.1, -0.05) is 0 Å². The van der Waals surface area contributed by atoms with Crippen molar-refractivity contribution >= 4 is 11.9 Å². The van der Waals surface area contributed by atoms with Gasteiger partial charge < -0.3 is 14.0 Å². The monoisotopic (exact) mass is 340 g/mol. The van der Waals surface area contributed by atoms with E-state index in [4.69, 9.17) is 9.47 Å². The predicted molar refractivity (Wildman–Crippen MR) is 86.8 cm³/mol. The van der Waals surface area contributed by atoms with Gasteiger partial charge in [-0.05, 0) is 27.7 Å². The highest BCUT2D eigenvalue weighted by atomic mass is 16.6. The van der Waals surface area contributed by atoms with Crippen LogP contribution in [0.1, 0.15) is 45.6 Å². The van der Waals surface area contributed by atoms with Crippen molar-refractivity contribution in [1.29, 1.82) is 0 Å². The quantitative estimate of drug-likeness (QED) is 0.723. The second kappa shape index (κ2) is 7.46. The number of ether oxygens (including phenoxy) is 2. The minimum atomic E-state index is -1.13. The van der Waals surface area contributed by atoms with E-state index in [0.29, 0.717) is 0 Å². The highest BCUT2D eigenvalue weighted by molar-refractivity contribution is 5.84. The normalized spacial score (nSPS) is 12.6. The van der Waals surface area contributed by atoms with Crippen LogP contribution in [-0.2, 0) is 33.2 Å². The zero-order valence-electron chi connectivity index (χ0n) is 14.9. The molecule has 0 aliphatic heterocycles. The van der Waals surface area contributed by atoms with Gasteiger partial charge in [0.2, 0.25) is 0 Å². The molecule has 0 aliphatic rings. The average molecular weight is 340 g/mol. The third-order valence-electron chi connectivity index (χ3n) is 3.21. The van der Waals surface area contributed by atoms with Gasteiger partial charge >= 0.3 is 17.6 Å². The Morgan fingerprint density at radius 1 is 1.21 bits per heavy atom. The van der Waals surface area contributed by atoms with E-state index in [2.05, 4.69) is 0 Å². The van der Waals surface area contributed by atoms with E-state index < -0.39 is 34.7 Å². The molecule has 1 atom stereocenters. The Morgan fingerprint density at radius 3 is 2.29 bits per heavy atom. The van der Waals surface area contributed by atoms with Crippen LogP contribution >= 0.6 is 0 Å². The van der Waals surface area contributed by atoms with Crippen molar-refractivity contribution in [3.8, 4) is 0 Å². The van der Waals surface area contributed by atoms with Gasteiger partial charge in [0.1, 0.15) is 5.60 Å². The molecule has 134 valence electrons. The summed E-state index contributed by atoms with van der Waals surface area (Å²) in [6.07, 6.45) is 0.917. The fourth-order valence-electron chi connectivity index (χ4n) is 2.19. The lowest BCUT2D eigenvalue weighted by Gasteiger charge is -2.22. The molecule has 24 heavy (non-hydrogen) atoms. The Kier molecular flexibility index (Phi) is 6.11. The second-order valence-electron chi connectivity index (χ2n) is 6.44. The maximum Gasteiger partial charge on any atom is 0.330 e. The van der Waals surface area contributed by atoms with Crippen molar-refractivity contribution in [2.24, 2.45) is 14.1 Å². The number of hydrogen-bond donors (Lipinski definition) is 0.